The lowest BCUT2D eigenvalue weighted by Crippen LogP contribution is -2.48. The van der Waals surface area contributed by atoms with Crippen molar-refractivity contribution >= 4 is 5.91 Å². The summed E-state index contributed by atoms with van der Waals surface area (Å²) in [5.41, 5.74) is 2.74. The smallest absolute Gasteiger partial charge is 0.254 e. The quantitative estimate of drug-likeness (QED) is 0.794. The van der Waals surface area contributed by atoms with Gasteiger partial charge in [0.15, 0.2) is 0 Å². The Balaban J connectivity index is 2.10. The van der Waals surface area contributed by atoms with Crippen molar-refractivity contribution in [1.29, 1.82) is 0 Å². The Morgan fingerprint density at radius 3 is 2.56 bits per heavy atom. The first-order valence-electron chi connectivity index (χ1n) is 6.57. The van der Waals surface area contributed by atoms with Gasteiger partial charge in [-0.05, 0) is 32.0 Å². The molecular formula is C14H21N3O. The molecule has 0 aliphatic carbocycles. The van der Waals surface area contributed by atoms with Gasteiger partial charge < -0.3 is 9.80 Å². The Kier molecular flexibility index (Phi) is 3.97. The molecule has 0 saturated carbocycles. The molecule has 0 N–H and O–H groups in total. The fourth-order valence-electron chi connectivity index (χ4n) is 2.31. The van der Waals surface area contributed by atoms with Gasteiger partial charge in [0, 0.05) is 43.6 Å². The molecule has 0 bridgehead atoms. The van der Waals surface area contributed by atoms with E-state index in [0.29, 0.717) is 0 Å². The van der Waals surface area contributed by atoms with Crippen LogP contribution in [-0.2, 0) is 0 Å². The first-order valence-corrected chi connectivity index (χ1v) is 6.57. The number of hydrogen-bond donors (Lipinski definition) is 0. The van der Waals surface area contributed by atoms with Gasteiger partial charge in [0.25, 0.3) is 5.91 Å². The number of pyridine rings is 1. The normalized spacial score (nSPS) is 16.9. The van der Waals surface area contributed by atoms with Crippen LogP contribution < -0.4 is 0 Å². The zero-order chi connectivity index (χ0) is 13.1. The summed E-state index contributed by atoms with van der Waals surface area (Å²) >= 11 is 0. The molecule has 0 atom stereocenters. The molecule has 1 fully saturated rings. The van der Waals surface area contributed by atoms with Gasteiger partial charge in [0.1, 0.15) is 0 Å². The second-order valence-electron chi connectivity index (χ2n) is 4.80. The monoisotopic (exact) mass is 247 g/mol. The fraction of sp³-hybridized carbons (Fsp3) is 0.571. The van der Waals surface area contributed by atoms with Gasteiger partial charge in [0.2, 0.25) is 0 Å². The molecule has 2 heterocycles. The van der Waals surface area contributed by atoms with Crippen LogP contribution in [-0.4, -0.2) is 53.4 Å². The molecular weight excluding hydrogens is 226 g/mol. The molecule has 2 rings (SSSR count). The van der Waals surface area contributed by atoms with E-state index in [2.05, 4.69) is 16.8 Å². The molecule has 0 aromatic carbocycles. The number of piperazine rings is 1. The number of nitrogens with zero attached hydrogens (tertiary/aromatic N) is 3. The van der Waals surface area contributed by atoms with Crippen LogP contribution in [0.3, 0.4) is 0 Å². The van der Waals surface area contributed by atoms with E-state index >= 15 is 0 Å². The van der Waals surface area contributed by atoms with Crippen molar-refractivity contribution in [3.8, 4) is 0 Å². The SMILES string of the molecule is CCN1CCN(C(=O)c2ccnc(C)c2C)CC1. The molecule has 18 heavy (non-hydrogen) atoms. The Hall–Kier alpha value is -1.42. The zero-order valence-electron chi connectivity index (χ0n) is 11.4. The van der Waals surface area contributed by atoms with Crippen molar-refractivity contribution in [2.75, 3.05) is 32.7 Å². The Labute approximate surface area is 109 Å². The summed E-state index contributed by atoms with van der Waals surface area (Å²) in [7, 11) is 0. The number of aromatic nitrogens is 1. The molecule has 4 nitrogen and oxygen atoms in total. The number of aryl methyl sites for hydroxylation is 1. The molecule has 1 aliphatic heterocycles. The maximum Gasteiger partial charge on any atom is 0.254 e. The lowest BCUT2D eigenvalue weighted by Gasteiger charge is -2.34. The summed E-state index contributed by atoms with van der Waals surface area (Å²) in [4.78, 5) is 21.0. The summed E-state index contributed by atoms with van der Waals surface area (Å²) in [5, 5.41) is 0. The number of hydrogen-bond acceptors (Lipinski definition) is 3. The van der Waals surface area contributed by atoms with Gasteiger partial charge in [-0.25, -0.2) is 0 Å². The summed E-state index contributed by atoms with van der Waals surface area (Å²) in [5.74, 6) is 0.147. The molecule has 0 unspecified atom stereocenters. The van der Waals surface area contributed by atoms with Gasteiger partial charge >= 0.3 is 0 Å². The standard InChI is InChI=1S/C14H21N3O/c1-4-16-7-9-17(10-8-16)14(18)13-5-6-15-12(3)11(13)2/h5-6H,4,7-10H2,1-3H3. The fourth-order valence-corrected chi connectivity index (χ4v) is 2.31. The summed E-state index contributed by atoms with van der Waals surface area (Å²) < 4.78 is 0. The van der Waals surface area contributed by atoms with Crippen LogP contribution >= 0.6 is 0 Å². The average Bonchev–Trinajstić information content (AvgIpc) is 2.41. The van der Waals surface area contributed by atoms with E-state index in [1.807, 2.05) is 24.8 Å². The van der Waals surface area contributed by atoms with Crippen molar-refractivity contribution < 1.29 is 4.79 Å². The highest BCUT2D eigenvalue weighted by Gasteiger charge is 2.22. The number of rotatable bonds is 2. The number of carbonyl (C=O) groups is 1. The lowest BCUT2D eigenvalue weighted by molar-refractivity contribution is 0.0642. The van der Waals surface area contributed by atoms with E-state index in [1.54, 1.807) is 6.20 Å². The van der Waals surface area contributed by atoms with Gasteiger partial charge in [-0.1, -0.05) is 6.92 Å². The van der Waals surface area contributed by atoms with Crippen LogP contribution in [0.15, 0.2) is 12.3 Å². The molecule has 0 radical (unpaired) electrons. The molecule has 98 valence electrons. The van der Waals surface area contributed by atoms with Gasteiger partial charge in [0.05, 0.1) is 0 Å². The maximum atomic E-state index is 12.4. The molecule has 4 heteroatoms. The van der Waals surface area contributed by atoms with E-state index < -0.39 is 0 Å². The number of carbonyl (C=O) groups excluding carboxylic acids is 1. The maximum absolute atomic E-state index is 12.4. The largest absolute Gasteiger partial charge is 0.336 e. The van der Waals surface area contributed by atoms with Crippen molar-refractivity contribution in [3.05, 3.63) is 29.1 Å². The van der Waals surface area contributed by atoms with Crippen molar-refractivity contribution in [2.24, 2.45) is 0 Å². The van der Waals surface area contributed by atoms with E-state index in [4.69, 9.17) is 0 Å². The third-order valence-corrected chi connectivity index (χ3v) is 3.79. The molecule has 1 aliphatic rings. The second kappa shape index (κ2) is 5.48. The topological polar surface area (TPSA) is 36.4 Å². The number of amides is 1. The predicted octanol–water partition coefficient (Wildman–Crippen LogP) is 1.48. The van der Waals surface area contributed by atoms with E-state index in [0.717, 1.165) is 49.5 Å². The molecule has 1 saturated heterocycles. The first kappa shape index (κ1) is 13.0. The minimum atomic E-state index is 0.147. The van der Waals surface area contributed by atoms with Crippen LogP contribution in [0.4, 0.5) is 0 Å². The third-order valence-electron chi connectivity index (χ3n) is 3.79. The van der Waals surface area contributed by atoms with Crippen LogP contribution in [0.5, 0.6) is 0 Å². The third kappa shape index (κ3) is 2.53. The highest BCUT2D eigenvalue weighted by Crippen LogP contribution is 2.14. The Bertz CT molecular complexity index is 437. The minimum Gasteiger partial charge on any atom is -0.336 e. The highest BCUT2D eigenvalue weighted by atomic mass is 16.2. The summed E-state index contributed by atoms with van der Waals surface area (Å²) in [6, 6.07) is 1.83. The Morgan fingerprint density at radius 2 is 1.94 bits per heavy atom. The average molecular weight is 247 g/mol. The van der Waals surface area contributed by atoms with Crippen molar-refractivity contribution in [3.63, 3.8) is 0 Å². The highest BCUT2D eigenvalue weighted by molar-refractivity contribution is 5.95. The molecule has 1 amide bonds. The number of likely N-dealkylation sites (N-methyl/N-ethyl adjacent to an activating group) is 1. The summed E-state index contributed by atoms with van der Waals surface area (Å²) in [6.45, 7) is 10.7. The van der Waals surface area contributed by atoms with Gasteiger partial charge in [-0.15, -0.1) is 0 Å². The summed E-state index contributed by atoms with van der Waals surface area (Å²) in [6.07, 6.45) is 1.72. The van der Waals surface area contributed by atoms with E-state index in [1.165, 1.54) is 0 Å². The first-order chi connectivity index (χ1) is 8.63. The lowest BCUT2D eigenvalue weighted by atomic mass is 10.1. The zero-order valence-corrected chi connectivity index (χ0v) is 11.4. The van der Waals surface area contributed by atoms with Crippen molar-refractivity contribution in [1.82, 2.24) is 14.8 Å². The van der Waals surface area contributed by atoms with E-state index in [9.17, 15) is 4.79 Å². The van der Waals surface area contributed by atoms with Gasteiger partial charge in [-0.2, -0.15) is 0 Å². The second-order valence-corrected chi connectivity index (χ2v) is 4.80. The molecule has 1 aromatic heterocycles. The van der Waals surface area contributed by atoms with Crippen LogP contribution in [0.1, 0.15) is 28.5 Å². The molecule has 0 spiro atoms. The van der Waals surface area contributed by atoms with Crippen molar-refractivity contribution in [2.45, 2.75) is 20.8 Å². The molecule has 1 aromatic rings. The Morgan fingerprint density at radius 1 is 1.28 bits per heavy atom. The van der Waals surface area contributed by atoms with Crippen LogP contribution in [0.25, 0.3) is 0 Å². The van der Waals surface area contributed by atoms with Crippen LogP contribution in [0, 0.1) is 13.8 Å². The van der Waals surface area contributed by atoms with Crippen LogP contribution in [0.2, 0.25) is 0 Å². The van der Waals surface area contributed by atoms with Gasteiger partial charge in [-0.3, -0.25) is 9.78 Å². The minimum absolute atomic E-state index is 0.147. The predicted molar refractivity (Wildman–Crippen MR) is 71.7 cm³/mol. The van der Waals surface area contributed by atoms with E-state index in [-0.39, 0.29) is 5.91 Å².